The van der Waals surface area contributed by atoms with Gasteiger partial charge in [-0.05, 0) is 38.8 Å². The molecule has 0 aromatic heterocycles. The Labute approximate surface area is 107 Å². The lowest BCUT2D eigenvalue weighted by Crippen LogP contribution is -2.30. The van der Waals surface area contributed by atoms with Crippen molar-refractivity contribution in [1.82, 2.24) is 5.32 Å². The van der Waals surface area contributed by atoms with Crippen LogP contribution in [0.25, 0.3) is 0 Å². The molecule has 0 heterocycles. The van der Waals surface area contributed by atoms with E-state index in [4.69, 9.17) is 0 Å². The van der Waals surface area contributed by atoms with E-state index in [0.717, 1.165) is 6.54 Å². The zero-order valence-corrected chi connectivity index (χ0v) is 12.2. The highest BCUT2D eigenvalue weighted by molar-refractivity contribution is 7.84. The molecule has 2 nitrogen and oxygen atoms in total. The van der Waals surface area contributed by atoms with Gasteiger partial charge < -0.3 is 5.32 Å². The van der Waals surface area contributed by atoms with Crippen molar-refractivity contribution in [2.24, 2.45) is 0 Å². The first-order valence-corrected chi connectivity index (χ1v) is 7.66. The minimum atomic E-state index is -0.755. The van der Waals surface area contributed by atoms with Gasteiger partial charge >= 0.3 is 0 Å². The van der Waals surface area contributed by atoms with E-state index in [2.05, 4.69) is 44.3 Å². The summed E-state index contributed by atoms with van der Waals surface area (Å²) in [6.07, 6.45) is 1.76. The van der Waals surface area contributed by atoms with Crippen LogP contribution in [0.4, 0.5) is 0 Å². The van der Waals surface area contributed by atoms with Gasteiger partial charge in [-0.2, -0.15) is 0 Å². The maximum atomic E-state index is 11.3. The fourth-order valence-corrected chi connectivity index (χ4v) is 2.13. The van der Waals surface area contributed by atoms with Crippen LogP contribution in [0.15, 0.2) is 18.2 Å². The summed E-state index contributed by atoms with van der Waals surface area (Å²) in [5.41, 5.74) is 3.92. The van der Waals surface area contributed by atoms with E-state index in [0.29, 0.717) is 6.04 Å². The highest BCUT2D eigenvalue weighted by Crippen LogP contribution is 2.18. The first-order valence-electron chi connectivity index (χ1n) is 6.04. The Morgan fingerprint density at radius 3 is 2.53 bits per heavy atom. The molecule has 96 valence electrons. The van der Waals surface area contributed by atoms with E-state index in [9.17, 15) is 4.21 Å². The molecule has 1 N–H and O–H groups in total. The normalized spacial score (nSPS) is 16.5. The highest BCUT2D eigenvalue weighted by atomic mass is 32.2. The topological polar surface area (TPSA) is 29.1 Å². The number of hydrogen-bond donors (Lipinski definition) is 1. The van der Waals surface area contributed by atoms with Crippen LogP contribution in [0, 0.1) is 13.8 Å². The summed E-state index contributed by atoms with van der Waals surface area (Å²) in [6.45, 7) is 9.21. The van der Waals surface area contributed by atoms with Gasteiger partial charge in [-0.3, -0.25) is 4.21 Å². The second kappa shape index (κ2) is 6.31. The van der Waals surface area contributed by atoms with Crippen molar-refractivity contribution >= 4 is 10.8 Å². The van der Waals surface area contributed by atoms with Gasteiger partial charge in [0.15, 0.2) is 0 Å². The summed E-state index contributed by atoms with van der Waals surface area (Å²) in [5.74, 6) is 0. The number of rotatable bonds is 5. The fraction of sp³-hybridized carbons (Fsp3) is 0.571. The zero-order valence-electron chi connectivity index (χ0n) is 11.4. The molecular formula is C14H23NOS. The van der Waals surface area contributed by atoms with Crippen LogP contribution in [-0.4, -0.2) is 22.3 Å². The molecule has 0 aliphatic rings. The molecular weight excluding hydrogens is 230 g/mol. The number of hydrogen-bond acceptors (Lipinski definition) is 2. The van der Waals surface area contributed by atoms with Crippen LogP contribution >= 0.6 is 0 Å². The Hall–Kier alpha value is -0.670. The Bertz CT molecular complexity index is 403. The SMILES string of the molecule is Cc1ccc(C)c(C(C)NCC(C)S(C)=O)c1. The molecule has 0 saturated carbocycles. The van der Waals surface area contributed by atoms with E-state index in [1.54, 1.807) is 6.26 Å². The van der Waals surface area contributed by atoms with Crippen molar-refractivity contribution in [3.05, 3.63) is 34.9 Å². The standard InChI is InChI=1S/C14H23NOS/c1-10-6-7-11(2)14(8-10)13(4)15-9-12(3)17(5)16/h6-8,12-13,15H,9H2,1-5H3. The largest absolute Gasteiger partial charge is 0.309 e. The molecule has 0 amide bonds. The molecule has 0 aliphatic carbocycles. The fourth-order valence-electron chi connectivity index (χ4n) is 1.80. The molecule has 3 atom stereocenters. The Balaban J connectivity index is 2.66. The molecule has 3 heteroatoms. The van der Waals surface area contributed by atoms with Gasteiger partial charge in [0.25, 0.3) is 0 Å². The maximum Gasteiger partial charge on any atom is 0.0441 e. The second-order valence-electron chi connectivity index (χ2n) is 4.80. The summed E-state index contributed by atoms with van der Waals surface area (Å²) < 4.78 is 11.3. The van der Waals surface area contributed by atoms with Crippen LogP contribution in [0.1, 0.15) is 36.6 Å². The molecule has 1 rings (SSSR count). The van der Waals surface area contributed by atoms with Gasteiger partial charge in [0, 0.05) is 34.9 Å². The summed E-state index contributed by atoms with van der Waals surface area (Å²) in [5, 5.41) is 3.65. The third-order valence-electron chi connectivity index (χ3n) is 3.18. The van der Waals surface area contributed by atoms with Gasteiger partial charge in [-0.1, -0.05) is 23.8 Å². The first kappa shape index (κ1) is 14.4. The maximum absolute atomic E-state index is 11.3. The molecule has 0 bridgehead atoms. The Morgan fingerprint density at radius 2 is 1.94 bits per heavy atom. The Kier molecular flexibility index (Phi) is 5.34. The number of nitrogens with one attached hydrogen (secondary N) is 1. The first-order chi connectivity index (χ1) is 7.91. The summed E-state index contributed by atoms with van der Waals surface area (Å²) in [6, 6.07) is 6.82. The van der Waals surface area contributed by atoms with Crippen LogP contribution in [0.5, 0.6) is 0 Å². The van der Waals surface area contributed by atoms with Crippen molar-refractivity contribution in [2.75, 3.05) is 12.8 Å². The van der Waals surface area contributed by atoms with E-state index < -0.39 is 10.8 Å². The molecule has 3 unspecified atom stereocenters. The molecule has 0 fully saturated rings. The van der Waals surface area contributed by atoms with E-state index in [1.807, 2.05) is 6.92 Å². The molecule has 0 spiro atoms. The summed E-state index contributed by atoms with van der Waals surface area (Å²) in [7, 11) is -0.755. The van der Waals surface area contributed by atoms with Crippen LogP contribution in [-0.2, 0) is 10.8 Å². The molecule has 1 aromatic rings. The molecule has 17 heavy (non-hydrogen) atoms. The lowest BCUT2D eigenvalue weighted by atomic mass is 10.00. The predicted octanol–water partition coefficient (Wildman–Crippen LogP) is 2.72. The van der Waals surface area contributed by atoms with Crippen LogP contribution < -0.4 is 5.32 Å². The van der Waals surface area contributed by atoms with Gasteiger partial charge in [-0.15, -0.1) is 0 Å². The predicted molar refractivity (Wildman–Crippen MR) is 75.9 cm³/mol. The Morgan fingerprint density at radius 1 is 1.29 bits per heavy atom. The molecule has 1 aromatic carbocycles. The minimum absolute atomic E-state index is 0.197. The van der Waals surface area contributed by atoms with Gasteiger partial charge in [0.05, 0.1) is 0 Å². The van der Waals surface area contributed by atoms with Gasteiger partial charge in [0.1, 0.15) is 0 Å². The minimum Gasteiger partial charge on any atom is -0.309 e. The lowest BCUT2D eigenvalue weighted by Gasteiger charge is -2.19. The summed E-state index contributed by atoms with van der Waals surface area (Å²) >= 11 is 0. The monoisotopic (exact) mass is 253 g/mol. The number of benzene rings is 1. The van der Waals surface area contributed by atoms with Gasteiger partial charge in [0.2, 0.25) is 0 Å². The zero-order chi connectivity index (χ0) is 13.0. The van der Waals surface area contributed by atoms with Crippen molar-refractivity contribution < 1.29 is 4.21 Å². The van der Waals surface area contributed by atoms with E-state index in [1.165, 1.54) is 16.7 Å². The van der Waals surface area contributed by atoms with Gasteiger partial charge in [-0.25, -0.2) is 0 Å². The average Bonchev–Trinajstić information content (AvgIpc) is 2.28. The molecule has 0 radical (unpaired) electrons. The van der Waals surface area contributed by atoms with Crippen molar-refractivity contribution in [3.8, 4) is 0 Å². The second-order valence-corrected chi connectivity index (χ2v) is 6.60. The smallest absolute Gasteiger partial charge is 0.0441 e. The van der Waals surface area contributed by atoms with E-state index >= 15 is 0 Å². The third-order valence-corrected chi connectivity index (χ3v) is 4.48. The quantitative estimate of drug-likeness (QED) is 0.874. The van der Waals surface area contributed by atoms with Crippen molar-refractivity contribution in [3.63, 3.8) is 0 Å². The number of aryl methyl sites for hydroxylation is 2. The van der Waals surface area contributed by atoms with Crippen molar-refractivity contribution in [1.29, 1.82) is 0 Å². The van der Waals surface area contributed by atoms with E-state index in [-0.39, 0.29) is 5.25 Å². The average molecular weight is 253 g/mol. The van der Waals surface area contributed by atoms with Crippen molar-refractivity contribution in [2.45, 2.75) is 39.0 Å². The molecule has 0 aliphatic heterocycles. The third kappa shape index (κ3) is 4.25. The molecule has 0 saturated heterocycles. The summed E-state index contributed by atoms with van der Waals surface area (Å²) in [4.78, 5) is 0. The van der Waals surface area contributed by atoms with Crippen LogP contribution in [0.2, 0.25) is 0 Å². The lowest BCUT2D eigenvalue weighted by molar-refractivity contribution is 0.566. The van der Waals surface area contributed by atoms with Crippen LogP contribution in [0.3, 0.4) is 0 Å². The highest BCUT2D eigenvalue weighted by Gasteiger charge is 2.11.